The first-order chi connectivity index (χ1) is 11.6. The van der Waals surface area contributed by atoms with Gasteiger partial charge in [0, 0.05) is 27.7 Å². The second-order valence-corrected chi connectivity index (χ2v) is 5.97. The van der Waals surface area contributed by atoms with Crippen LogP contribution in [0.3, 0.4) is 0 Å². The number of nitrogen functional groups attached to an aromatic ring is 1. The van der Waals surface area contributed by atoms with Crippen LogP contribution < -0.4 is 11.2 Å². The Kier molecular flexibility index (Phi) is 4.64. The Labute approximate surface area is 144 Å². The molecule has 0 bridgehead atoms. The highest BCUT2D eigenvalue weighted by Gasteiger charge is 2.08. The minimum atomic E-state index is -0.0290. The molecule has 1 heterocycles. The van der Waals surface area contributed by atoms with Gasteiger partial charge in [-0.05, 0) is 35.9 Å². The summed E-state index contributed by atoms with van der Waals surface area (Å²) < 4.78 is 0. The number of rotatable bonds is 4. The lowest BCUT2D eigenvalue weighted by Gasteiger charge is -2.10. The van der Waals surface area contributed by atoms with Crippen molar-refractivity contribution in [2.24, 2.45) is 0 Å². The van der Waals surface area contributed by atoms with Gasteiger partial charge in [-0.1, -0.05) is 41.9 Å². The summed E-state index contributed by atoms with van der Waals surface area (Å²) >= 11 is 6.11. The van der Waals surface area contributed by atoms with E-state index >= 15 is 0 Å². The number of hydroxylamine groups is 1. The summed E-state index contributed by atoms with van der Waals surface area (Å²) in [5, 5.41) is 19.0. The minimum absolute atomic E-state index is 0.0290. The molecule has 0 saturated carbocycles. The molecular weight excluding hydrogens is 324 g/mol. The zero-order chi connectivity index (χ0) is 17.1. The van der Waals surface area contributed by atoms with E-state index in [1.165, 1.54) is 0 Å². The van der Waals surface area contributed by atoms with Crippen molar-refractivity contribution in [2.75, 3.05) is 5.73 Å². The van der Waals surface area contributed by atoms with Gasteiger partial charge in [0.25, 0.3) is 0 Å². The third-order valence-electron chi connectivity index (χ3n) is 4.01. The average Bonchev–Trinajstić information content (AvgIpc) is 2.60. The van der Waals surface area contributed by atoms with Crippen LogP contribution in [0.5, 0.6) is 0 Å². The predicted molar refractivity (Wildman–Crippen MR) is 96.8 cm³/mol. The Morgan fingerprint density at radius 2 is 1.92 bits per heavy atom. The van der Waals surface area contributed by atoms with E-state index < -0.39 is 0 Å². The Morgan fingerprint density at radius 1 is 1.17 bits per heavy atom. The summed E-state index contributed by atoms with van der Waals surface area (Å²) in [6.45, 7) is 0. The molecule has 5 N–H and O–H groups in total. The lowest BCUT2D eigenvalue weighted by molar-refractivity contribution is 0.234. The van der Waals surface area contributed by atoms with Gasteiger partial charge in [-0.3, -0.25) is 16.1 Å². The Bertz CT molecular complexity index is 888. The summed E-state index contributed by atoms with van der Waals surface area (Å²) in [5.41, 5.74) is 10.6. The first kappa shape index (κ1) is 16.2. The summed E-state index contributed by atoms with van der Waals surface area (Å²) in [6, 6.07) is 13.2. The van der Waals surface area contributed by atoms with Crippen LogP contribution in [0.25, 0.3) is 10.8 Å². The smallest absolute Gasteiger partial charge is 0.149 e. The van der Waals surface area contributed by atoms with Gasteiger partial charge < -0.3 is 5.73 Å². The first-order valence-electron chi connectivity index (χ1n) is 7.49. The van der Waals surface area contributed by atoms with E-state index in [1.807, 2.05) is 35.8 Å². The van der Waals surface area contributed by atoms with Crippen LogP contribution in [0.1, 0.15) is 16.7 Å². The Balaban J connectivity index is 1.84. The quantitative estimate of drug-likeness (QED) is 0.332. The van der Waals surface area contributed by atoms with Gasteiger partial charge in [0.1, 0.15) is 11.7 Å². The zero-order valence-electron chi connectivity index (χ0n) is 12.9. The number of anilines is 1. The number of nitrogens with two attached hydrogens (primary N) is 1. The number of aryl methyl sites for hydroxylation is 2. The maximum absolute atomic E-state index is 8.76. The predicted octanol–water partition coefficient (Wildman–Crippen LogP) is 3.56. The molecular formula is C18H17ClN4O. The molecule has 0 spiro atoms. The van der Waals surface area contributed by atoms with E-state index in [-0.39, 0.29) is 5.84 Å². The van der Waals surface area contributed by atoms with Crippen molar-refractivity contribution in [2.45, 2.75) is 12.8 Å². The van der Waals surface area contributed by atoms with Crippen molar-refractivity contribution in [1.82, 2.24) is 10.5 Å². The third-order valence-corrected chi connectivity index (χ3v) is 4.25. The topological polar surface area (TPSA) is 95.0 Å². The first-order valence-corrected chi connectivity index (χ1v) is 7.87. The van der Waals surface area contributed by atoms with Gasteiger partial charge in [0.15, 0.2) is 0 Å². The van der Waals surface area contributed by atoms with Crippen LogP contribution in [0, 0.1) is 5.41 Å². The highest BCUT2D eigenvalue weighted by Crippen LogP contribution is 2.26. The van der Waals surface area contributed by atoms with Crippen molar-refractivity contribution in [3.8, 4) is 0 Å². The van der Waals surface area contributed by atoms with Crippen molar-refractivity contribution in [3.05, 3.63) is 70.4 Å². The minimum Gasteiger partial charge on any atom is -0.383 e. The van der Waals surface area contributed by atoms with E-state index in [9.17, 15) is 0 Å². The SMILES string of the molecule is N=C(NO)c1ccc(CCc2c(N)ncc3ccc(Cl)cc23)cc1. The molecule has 0 aliphatic carbocycles. The molecule has 6 heteroatoms. The highest BCUT2D eigenvalue weighted by atomic mass is 35.5. The van der Waals surface area contributed by atoms with Crippen molar-refractivity contribution in [1.29, 1.82) is 5.41 Å². The summed E-state index contributed by atoms with van der Waals surface area (Å²) in [6.07, 6.45) is 3.29. The highest BCUT2D eigenvalue weighted by molar-refractivity contribution is 6.31. The van der Waals surface area contributed by atoms with Crippen molar-refractivity contribution in [3.63, 3.8) is 0 Å². The lowest BCUT2D eigenvalue weighted by Crippen LogP contribution is -2.18. The van der Waals surface area contributed by atoms with Gasteiger partial charge in [-0.2, -0.15) is 0 Å². The molecule has 0 radical (unpaired) electrons. The molecule has 1 aromatic heterocycles. The molecule has 24 heavy (non-hydrogen) atoms. The van der Waals surface area contributed by atoms with Crippen LogP contribution in [0.2, 0.25) is 5.02 Å². The molecule has 0 fully saturated rings. The summed E-state index contributed by atoms with van der Waals surface area (Å²) in [7, 11) is 0. The van der Waals surface area contributed by atoms with Crippen LogP contribution in [-0.4, -0.2) is 16.0 Å². The van der Waals surface area contributed by atoms with E-state index in [0.717, 1.165) is 34.7 Å². The fraction of sp³-hybridized carbons (Fsp3) is 0.111. The number of pyridine rings is 1. The van der Waals surface area contributed by atoms with Gasteiger partial charge in [-0.25, -0.2) is 4.98 Å². The number of aromatic nitrogens is 1. The molecule has 5 nitrogen and oxygen atoms in total. The van der Waals surface area contributed by atoms with E-state index in [0.29, 0.717) is 16.4 Å². The molecule has 0 atom stereocenters. The van der Waals surface area contributed by atoms with Crippen LogP contribution in [0.4, 0.5) is 5.82 Å². The van der Waals surface area contributed by atoms with Gasteiger partial charge >= 0.3 is 0 Å². The second kappa shape index (κ2) is 6.86. The number of fused-ring (bicyclic) bond motifs is 1. The molecule has 0 aliphatic rings. The van der Waals surface area contributed by atoms with E-state index in [4.69, 9.17) is 28.0 Å². The van der Waals surface area contributed by atoms with Crippen LogP contribution in [-0.2, 0) is 12.8 Å². The summed E-state index contributed by atoms with van der Waals surface area (Å²) in [4.78, 5) is 4.27. The summed E-state index contributed by atoms with van der Waals surface area (Å²) in [5.74, 6) is 0.492. The third kappa shape index (κ3) is 3.32. The number of hydrogen-bond acceptors (Lipinski definition) is 4. The van der Waals surface area contributed by atoms with Crippen molar-refractivity contribution >= 4 is 34.0 Å². The van der Waals surface area contributed by atoms with Crippen LogP contribution in [0.15, 0.2) is 48.7 Å². The second-order valence-electron chi connectivity index (χ2n) is 5.54. The largest absolute Gasteiger partial charge is 0.383 e. The number of hydrogen-bond donors (Lipinski definition) is 4. The van der Waals surface area contributed by atoms with Crippen molar-refractivity contribution < 1.29 is 5.21 Å². The maximum Gasteiger partial charge on any atom is 0.149 e. The number of amidine groups is 1. The number of benzene rings is 2. The van der Waals surface area contributed by atoms with Gasteiger partial charge in [0.05, 0.1) is 0 Å². The average molecular weight is 341 g/mol. The van der Waals surface area contributed by atoms with E-state index in [1.54, 1.807) is 18.3 Å². The Hall–Kier alpha value is -2.63. The molecule has 0 amide bonds. The van der Waals surface area contributed by atoms with Gasteiger partial charge in [-0.15, -0.1) is 0 Å². The van der Waals surface area contributed by atoms with E-state index in [2.05, 4.69) is 4.98 Å². The molecule has 2 aromatic carbocycles. The molecule has 0 saturated heterocycles. The monoisotopic (exact) mass is 340 g/mol. The molecule has 122 valence electrons. The fourth-order valence-electron chi connectivity index (χ4n) is 2.69. The molecule has 3 aromatic rings. The maximum atomic E-state index is 8.76. The molecule has 0 unspecified atom stereocenters. The van der Waals surface area contributed by atoms with Crippen LogP contribution >= 0.6 is 11.6 Å². The number of halogens is 1. The fourth-order valence-corrected chi connectivity index (χ4v) is 2.86. The molecule has 3 rings (SSSR count). The normalized spacial score (nSPS) is 10.8. The lowest BCUT2D eigenvalue weighted by atomic mass is 9.99. The number of nitrogens with one attached hydrogen (secondary N) is 2. The van der Waals surface area contributed by atoms with Gasteiger partial charge in [0.2, 0.25) is 0 Å². The zero-order valence-corrected chi connectivity index (χ0v) is 13.6. The number of nitrogens with zero attached hydrogens (tertiary/aromatic N) is 1. The Morgan fingerprint density at radius 3 is 2.62 bits per heavy atom. The molecule has 0 aliphatic heterocycles. The standard InChI is InChI=1S/C18H17ClN4O/c19-14-7-6-13-10-22-18(21)15(16(13)9-14)8-3-11-1-4-12(5-2-11)17(20)23-24/h1-2,4-7,9-10,24H,3,8H2,(H2,20,23)(H2,21,22).